The van der Waals surface area contributed by atoms with Crippen molar-refractivity contribution >= 4 is 0 Å². The summed E-state index contributed by atoms with van der Waals surface area (Å²) < 4.78 is 0. The number of benzene rings is 2. The molecule has 0 amide bonds. The molecule has 0 aromatic heterocycles. The van der Waals surface area contributed by atoms with Gasteiger partial charge in [0.25, 0.3) is 0 Å². The van der Waals surface area contributed by atoms with E-state index in [4.69, 9.17) is 11.5 Å². The van der Waals surface area contributed by atoms with E-state index in [1.807, 2.05) is 60.7 Å². The van der Waals surface area contributed by atoms with Gasteiger partial charge in [-0.3, -0.25) is 0 Å². The van der Waals surface area contributed by atoms with E-state index >= 15 is 0 Å². The smallest absolute Gasteiger partial charge is 0.0602 e. The fraction of sp³-hybridized carbons (Fsp3) is 0.250. The lowest BCUT2D eigenvalue weighted by molar-refractivity contribution is 0.347. The van der Waals surface area contributed by atoms with E-state index in [1.165, 1.54) is 0 Å². The third kappa shape index (κ3) is 2.30. The molecule has 2 atom stereocenters. The maximum absolute atomic E-state index is 6.57. The maximum atomic E-state index is 6.57. The van der Waals surface area contributed by atoms with Crippen molar-refractivity contribution in [2.45, 2.75) is 24.9 Å². The Kier molecular flexibility index (Phi) is 3.80. The van der Waals surface area contributed by atoms with Gasteiger partial charge in [0.2, 0.25) is 0 Å². The van der Waals surface area contributed by atoms with Gasteiger partial charge in [-0.25, -0.2) is 0 Å². The predicted molar refractivity (Wildman–Crippen MR) is 76.0 cm³/mol. The summed E-state index contributed by atoms with van der Waals surface area (Å²) in [6, 6.07) is 19.9. The molecule has 4 N–H and O–H groups in total. The molecule has 18 heavy (non-hydrogen) atoms. The van der Waals surface area contributed by atoms with Crippen molar-refractivity contribution in [2.24, 2.45) is 11.5 Å². The minimum Gasteiger partial charge on any atom is -0.322 e. The molecule has 2 aromatic carbocycles. The van der Waals surface area contributed by atoms with Crippen LogP contribution in [0.3, 0.4) is 0 Å². The molecule has 2 heteroatoms. The Bertz CT molecular complexity index is 481. The Morgan fingerprint density at radius 3 is 1.94 bits per heavy atom. The van der Waals surface area contributed by atoms with Crippen LogP contribution in [0.15, 0.2) is 60.7 Å². The summed E-state index contributed by atoms with van der Waals surface area (Å²) in [5.74, 6) is 0. The molecule has 0 spiro atoms. The topological polar surface area (TPSA) is 52.0 Å². The van der Waals surface area contributed by atoms with E-state index < -0.39 is 5.54 Å². The fourth-order valence-corrected chi connectivity index (χ4v) is 2.31. The molecular formula is C16H20N2. The lowest BCUT2D eigenvalue weighted by atomic mass is 9.79. The average Bonchev–Trinajstić information content (AvgIpc) is 2.47. The van der Waals surface area contributed by atoms with E-state index in [0.29, 0.717) is 0 Å². The molecule has 0 aliphatic rings. The van der Waals surface area contributed by atoms with Gasteiger partial charge in [0, 0.05) is 0 Å². The van der Waals surface area contributed by atoms with Crippen LogP contribution in [0.4, 0.5) is 0 Å². The van der Waals surface area contributed by atoms with Gasteiger partial charge < -0.3 is 11.5 Å². The molecule has 0 fully saturated rings. The van der Waals surface area contributed by atoms with E-state index in [2.05, 4.69) is 6.92 Å². The van der Waals surface area contributed by atoms with Crippen molar-refractivity contribution in [1.82, 2.24) is 0 Å². The van der Waals surface area contributed by atoms with Crippen molar-refractivity contribution in [2.75, 3.05) is 0 Å². The quantitative estimate of drug-likeness (QED) is 0.863. The van der Waals surface area contributed by atoms with Gasteiger partial charge in [0.1, 0.15) is 0 Å². The van der Waals surface area contributed by atoms with E-state index in [0.717, 1.165) is 17.5 Å². The average molecular weight is 240 g/mol. The molecule has 0 aliphatic carbocycles. The van der Waals surface area contributed by atoms with Crippen molar-refractivity contribution in [1.29, 1.82) is 0 Å². The van der Waals surface area contributed by atoms with Crippen LogP contribution in [0.1, 0.15) is 30.5 Å². The molecule has 2 nitrogen and oxygen atoms in total. The Labute approximate surface area is 109 Å². The van der Waals surface area contributed by atoms with Crippen molar-refractivity contribution in [3.63, 3.8) is 0 Å². The van der Waals surface area contributed by atoms with Crippen LogP contribution in [0.25, 0.3) is 0 Å². The second-order valence-corrected chi connectivity index (χ2v) is 4.65. The Hall–Kier alpha value is -1.64. The number of hydrogen-bond donors (Lipinski definition) is 2. The Morgan fingerprint density at radius 1 is 0.944 bits per heavy atom. The maximum Gasteiger partial charge on any atom is 0.0602 e. The minimum absolute atomic E-state index is 0.203. The van der Waals surface area contributed by atoms with Crippen LogP contribution in [-0.2, 0) is 5.54 Å². The summed E-state index contributed by atoms with van der Waals surface area (Å²) in [5, 5.41) is 0. The Balaban J connectivity index is 2.39. The third-order valence-corrected chi connectivity index (χ3v) is 3.61. The summed E-state index contributed by atoms with van der Waals surface area (Å²) >= 11 is 0. The van der Waals surface area contributed by atoms with Gasteiger partial charge >= 0.3 is 0 Å². The molecule has 0 heterocycles. The highest BCUT2D eigenvalue weighted by atomic mass is 14.9. The van der Waals surface area contributed by atoms with Crippen LogP contribution >= 0.6 is 0 Å². The largest absolute Gasteiger partial charge is 0.322 e. The number of hydrogen-bond acceptors (Lipinski definition) is 2. The summed E-state index contributed by atoms with van der Waals surface area (Å²) in [7, 11) is 0. The lowest BCUT2D eigenvalue weighted by Gasteiger charge is -2.35. The van der Waals surface area contributed by atoms with Gasteiger partial charge in [-0.05, 0) is 17.5 Å². The lowest BCUT2D eigenvalue weighted by Crippen LogP contribution is -2.46. The molecule has 2 aromatic rings. The molecule has 94 valence electrons. The molecule has 0 radical (unpaired) electrons. The summed E-state index contributed by atoms with van der Waals surface area (Å²) in [4.78, 5) is 0. The molecule has 0 saturated heterocycles. The first-order chi connectivity index (χ1) is 8.68. The second kappa shape index (κ2) is 5.34. The van der Waals surface area contributed by atoms with Gasteiger partial charge in [0.15, 0.2) is 0 Å². The van der Waals surface area contributed by atoms with Gasteiger partial charge in [0.05, 0.1) is 11.6 Å². The van der Waals surface area contributed by atoms with Crippen LogP contribution in [0.5, 0.6) is 0 Å². The minimum atomic E-state index is -0.525. The number of nitrogens with two attached hydrogens (primary N) is 2. The summed E-state index contributed by atoms with van der Waals surface area (Å²) in [5.41, 5.74) is 14.6. The van der Waals surface area contributed by atoms with Crippen molar-refractivity contribution in [3.8, 4) is 0 Å². The molecule has 2 rings (SSSR count). The standard InChI is InChI=1S/C16H20N2/c1-2-16(18,14-11-7-4-8-12-14)15(17)13-9-5-3-6-10-13/h3-12,15H,2,17-18H2,1H3. The van der Waals surface area contributed by atoms with Crippen LogP contribution in [-0.4, -0.2) is 0 Å². The van der Waals surface area contributed by atoms with Crippen molar-refractivity contribution in [3.05, 3.63) is 71.8 Å². The Morgan fingerprint density at radius 2 is 1.44 bits per heavy atom. The van der Waals surface area contributed by atoms with Gasteiger partial charge in [-0.1, -0.05) is 67.6 Å². The second-order valence-electron chi connectivity index (χ2n) is 4.65. The zero-order chi connectivity index (χ0) is 13.0. The molecule has 0 saturated carbocycles. The molecular weight excluding hydrogens is 220 g/mol. The SMILES string of the molecule is CCC(N)(c1ccccc1)C(N)c1ccccc1. The highest BCUT2D eigenvalue weighted by Gasteiger charge is 2.33. The van der Waals surface area contributed by atoms with Crippen LogP contribution in [0.2, 0.25) is 0 Å². The predicted octanol–water partition coefficient (Wildman–Crippen LogP) is 2.95. The van der Waals surface area contributed by atoms with E-state index in [-0.39, 0.29) is 6.04 Å². The molecule has 0 aliphatic heterocycles. The first-order valence-corrected chi connectivity index (χ1v) is 6.33. The highest BCUT2D eigenvalue weighted by molar-refractivity contribution is 5.31. The third-order valence-electron chi connectivity index (χ3n) is 3.61. The molecule has 0 bridgehead atoms. The first kappa shape index (κ1) is 12.8. The zero-order valence-corrected chi connectivity index (χ0v) is 10.7. The van der Waals surface area contributed by atoms with Crippen LogP contribution < -0.4 is 11.5 Å². The van der Waals surface area contributed by atoms with Crippen LogP contribution in [0, 0.1) is 0 Å². The first-order valence-electron chi connectivity index (χ1n) is 6.33. The normalized spacial score (nSPS) is 15.9. The van der Waals surface area contributed by atoms with Crippen molar-refractivity contribution < 1.29 is 0 Å². The summed E-state index contributed by atoms with van der Waals surface area (Å²) in [6.07, 6.45) is 0.799. The number of rotatable bonds is 4. The van der Waals surface area contributed by atoms with E-state index in [1.54, 1.807) is 0 Å². The van der Waals surface area contributed by atoms with Gasteiger partial charge in [-0.15, -0.1) is 0 Å². The fourth-order valence-electron chi connectivity index (χ4n) is 2.31. The highest BCUT2D eigenvalue weighted by Crippen LogP contribution is 2.33. The van der Waals surface area contributed by atoms with E-state index in [9.17, 15) is 0 Å². The summed E-state index contributed by atoms with van der Waals surface area (Å²) in [6.45, 7) is 2.08. The zero-order valence-electron chi connectivity index (χ0n) is 10.7. The monoisotopic (exact) mass is 240 g/mol. The van der Waals surface area contributed by atoms with Gasteiger partial charge in [-0.2, -0.15) is 0 Å². The molecule has 2 unspecified atom stereocenters.